The fourth-order valence-electron chi connectivity index (χ4n) is 0. The number of nitrogens with two attached hydrogens (primary N) is 1. The van der Waals surface area contributed by atoms with Gasteiger partial charge in [0, 0.05) is 0 Å². The van der Waals surface area contributed by atoms with Gasteiger partial charge >= 0.3 is 40.4 Å². The van der Waals surface area contributed by atoms with Crippen LogP contribution < -0.4 is 5.73 Å². The van der Waals surface area contributed by atoms with Crippen LogP contribution in [0.3, 0.4) is 0 Å². The predicted molar refractivity (Wildman–Crippen MR) is 31.4 cm³/mol. The van der Waals surface area contributed by atoms with Crippen molar-refractivity contribution in [2.75, 3.05) is 6.54 Å². The van der Waals surface area contributed by atoms with Crippen molar-refractivity contribution in [3.05, 3.63) is 0 Å². The number of rotatable bonds is 1. The molecule has 0 saturated carbocycles. The monoisotopic (exact) mass is 221 g/mol. The van der Waals surface area contributed by atoms with Gasteiger partial charge < -0.3 is 10.8 Å². The Labute approximate surface area is 63.9 Å². The molecule has 12 heavy (non-hydrogen) atoms. The van der Waals surface area contributed by atoms with Crippen LogP contribution in [0.4, 0.5) is 25.2 Å². The van der Waals surface area contributed by atoms with Crippen molar-refractivity contribution in [3.8, 4) is 0 Å². The number of carboxylic acids is 1. The molecule has 0 aromatic rings. The number of carboxylic acid groups (broad SMARTS) is 1. The number of aliphatic carboxylic acids is 1. The molecule has 0 heterocycles. The quantitative estimate of drug-likeness (QED) is 0.528. The molecule has 0 bridgehead atoms. The van der Waals surface area contributed by atoms with Crippen LogP contribution in [0, 0.1) is 0 Å². The molecule has 0 aliphatic heterocycles. The first-order chi connectivity index (χ1) is 4.72. The summed E-state index contributed by atoms with van der Waals surface area (Å²) >= 11 is 0. The second kappa shape index (κ2) is 2.74. The topological polar surface area (TPSA) is 63.3 Å². The van der Waals surface area contributed by atoms with Gasteiger partial charge in [0.15, 0.2) is 0 Å². The zero-order valence-corrected chi connectivity index (χ0v) is 6.25. The number of hydrogen-bond acceptors (Lipinski definition) is 2. The van der Waals surface area contributed by atoms with E-state index in [9.17, 15) is 30.0 Å². The summed E-state index contributed by atoms with van der Waals surface area (Å²) in [6.45, 7) is -0.278. The van der Waals surface area contributed by atoms with Crippen molar-refractivity contribution < 1.29 is 36.5 Å². The van der Waals surface area contributed by atoms with E-state index in [1.54, 1.807) is 0 Å². The van der Waals surface area contributed by atoms with Crippen LogP contribution in [0.2, 0.25) is 0 Å². The molecule has 0 fully saturated rings. The molecule has 0 aromatic heterocycles. The second-order valence-corrected chi connectivity index (χ2v) is 3.47. The Morgan fingerprint density at radius 3 is 1.33 bits per heavy atom. The molecule has 3 nitrogen and oxygen atoms in total. The first-order valence-electron chi connectivity index (χ1n) is 2.20. The summed E-state index contributed by atoms with van der Waals surface area (Å²) in [6, 6.07) is 0. The van der Waals surface area contributed by atoms with Gasteiger partial charge in [0.05, 0.1) is 6.54 Å². The van der Waals surface area contributed by atoms with E-state index in [0.717, 1.165) is 0 Å². The van der Waals surface area contributed by atoms with E-state index in [1.165, 1.54) is 0 Å². The molecule has 0 unspecified atom stereocenters. The molecule has 78 valence electrons. The first-order valence-corrected chi connectivity index (χ1v) is 4.23. The summed E-state index contributed by atoms with van der Waals surface area (Å²) in [7, 11) is -10.7. The van der Waals surface area contributed by atoms with Crippen LogP contribution in [0.5, 0.6) is 0 Å². The molecular weight excluding hydrogens is 215 g/mol. The summed E-state index contributed by atoms with van der Waals surface area (Å²) in [5, 5.41) is 7.60. The Morgan fingerprint density at radius 1 is 1.25 bits per heavy atom. The molecule has 0 amide bonds. The minimum Gasteiger partial charge on any atom is -0.480 e. The molecular formula is C2H6F6NO2P. The standard InChI is InChI=1S/C2H5NO2.F6P/c3-1-2(4)5;1-7(2,3,4,5)6/h1,3H2,(H,4,5);/q;-1/p+1. The van der Waals surface area contributed by atoms with Gasteiger partial charge in [0.1, 0.15) is 0 Å². The third-order valence-corrected chi connectivity index (χ3v) is 0.175. The van der Waals surface area contributed by atoms with Crippen LogP contribution in [-0.4, -0.2) is 17.6 Å². The second-order valence-electron chi connectivity index (χ2n) is 1.56. The fourth-order valence-corrected chi connectivity index (χ4v) is 0. The average Bonchev–Trinajstić information content (AvgIpc) is 1.56. The molecule has 0 aliphatic rings. The van der Waals surface area contributed by atoms with Crippen molar-refractivity contribution in [2.24, 2.45) is 5.73 Å². The summed E-state index contributed by atoms with van der Waals surface area (Å²) < 4.78 is 59.2. The number of hydrogen-bond donors (Lipinski definition) is 2. The summed E-state index contributed by atoms with van der Waals surface area (Å²) in [4.78, 5) is 9.24. The summed E-state index contributed by atoms with van der Waals surface area (Å²) in [5.74, 6) is -0.968. The Bertz CT molecular complexity index is 162. The van der Waals surface area contributed by atoms with Gasteiger partial charge in [-0.05, 0) is 0 Å². The van der Waals surface area contributed by atoms with E-state index >= 15 is 0 Å². The molecule has 0 saturated heterocycles. The molecule has 0 radical (unpaired) electrons. The van der Waals surface area contributed by atoms with Crippen molar-refractivity contribution in [1.29, 1.82) is 0 Å². The van der Waals surface area contributed by atoms with Gasteiger partial charge in [-0.3, -0.25) is 4.79 Å². The van der Waals surface area contributed by atoms with E-state index in [2.05, 4.69) is 5.73 Å². The molecule has 0 spiro atoms. The normalized spacial score (nSPS) is 16.6. The Kier molecular flexibility index (Phi) is 3.19. The van der Waals surface area contributed by atoms with Crippen LogP contribution >= 0.6 is 7.81 Å². The van der Waals surface area contributed by atoms with Crippen molar-refractivity contribution in [1.82, 2.24) is 0 Å². The van der Waals surface area contributed by atoms with Gasteiger partial charge in [-0.25, -0.2) is 0 Å². The van der Waals surface area contributed by atoms with Crippen molar-refractivity contribution in [3.63, 3.8) is 0 Å². The molecule has 0 aromatic carbocycles. The summed E-state index contributed by atoms with van der Waals surface area (Å²) in [5.41, 5.74) is 4.57. The van der Waals surface area contributed by atoms with Gasteiger partial charge in [0.2, 0.25) is 0 Å². The van der Waals surface area contributed by atoms with Crippen LogP contribution in [0.1, 0.15) is 1.43 Å². The number of halogens is 6. The van der Waals surface area contributed by atoms with Crippen LogP contribution in [0.25, 0.3) is 0 Å². The third-order valence-electron chi connectivity index (χ3n) is 0.175. The van der Waals surface area contributed by atoms with E-state index in [1.807, 2.05) is 0 Å². The van der Waals surface area contributed by atoms with Crippen LogP contribution in [0.15, 0.2) is 0 Å². The van der Waals surface area contributed by atoms with Crippen LogP contribution in [-0.2, 0) is 4.79 Å². The van der Waals surface area contributed by atoms with E-state index in [4.69, 9.17) is 5.11 Å². The number of carbonyl (C=O) groups is 1. The predicted octanol–water partition coefficient (Wildman–Crippen LogP) is 2.52. The van der Waals surface area contributed by atoms with E-state index in [0.29, 0.717) is 0 Å². The first kappa shape index (κ1) is 14.0. The minimum atomic E-state index is -10.7. The average molecular weight is 221 g/mol. The van der Waals surface area contributed by atoms with Crippen molar-refractivity contribution >= 4 is 13.8 Å². The SMILES string of the molecule is F[P-](F)(F)(F)(F)F.NCC(=O)O.[H+]. The maximum atomic E-state index is 9.87. The minimum absolute atomic E-state index is 0. The molecule has 3 N–H and O–H groups in total. The largest absolute Gasteiger partial charge is 1.00 e. The molecule has 0 rings (SSSR count). The summed E-state index contributed by atoms with van der Waals surface area (Å²) in [6.07, 6.45) is 0. The molecule has 0 aliphatic carbocycles. The Morgan fingerprint density at radius 2 is 1.33 bits per heavy atom. The molecule has 0 atom stereocenters. The molecule has 10 heteroatoms. The zero-order chi connectivity index (χ0) is 10.7. The maximum absolute atomic E-state index is 10.7. The van der Waals surface area contributed by atoms with Gasteiger partial charge in [0.25, 0.3) is 0 Å². The van der Waals surface area contributed by atoms with E-state index in [-0.39, 0.29) is 7.97 Å². The van der Waals surface area contributed by atoms with Gasteiger partial charge in [-0.2, -0.15) is 0 Å². The smallest absolute Gasteiger partial charge is 0.480 e. The zero-order valence-electron chi connectivity index (χ0n) is 6.35. The Hall–Kier alpha value is -0.560. The maximum Gasteiger partial charge on any atom is 1.00 e. The van der Waals surface area contributed by atoms with Crippen molar-refractivity contribution in [2.45, 2.75) is 0 Å². The fraction of sp³-hybridized carbons (Fsp3) is 0.500. The third kappa shape index (κ3) is 324. The van der Waals surface area contributed by atoms with Gasteiger partial charge in [-0.1, -0.05) is 0 Å². The van der Waals surface area contributed by atoms with E-state index < -0.39 is 13.8 Å². The van der Waals surface area contributed by atoms with Gasteiger partial charge in [-0.15, -0.1) is 0 Å². The Balaban J connectivity index is -0.000000150.